The molecule has 140 valence electrons. The van der Waals surface area contributed by atoms with Gasteiger partial charge in [-0.25, -0.2) is 4.79 Å². The molecule has 0 unspecified atom stereocenters. The van der Waals surface area contributed by atoms with Crippen LogP contribution in [0.2, 0.25) is 0 Å². The van der Waals surface area contributed by atoms with E-state index in [1.807, 2.05) is 42.5 Å². The first-order valence-corrected chi connectivity index (χ1v) is 9.20. The summed E-state index contributed by atoms with van der Waals surface area (Å²) in [4.78, 5) is 25.3. The Morgan fingerprint density at radius 1 is 0.964 bits per heavy atom. The Kier molecular flexibility index (Phi) is 4.81. The normalized spacial score (nSPS) is 15.3. The number of nitrogens with one attached hydrogen (secondary N) is 1. The van der Waals surface area contributed by atoms with E-state index in [1.165, 1.54) is 10.3 Å². The molecule has 3 aromatic carbocycles. The number of amides is 3. The van der Waals surface area contributed by atoms with E-state index in [-0.39, 0.29) is 11.6 Å². The number of para-hydroxylation sites is 1. The molecular formula is C23H20N2O3. The SMILES string of the molecule is CCN1C(=O)N/C(=C/c2ccccc2OCc2ccc3ccccc3c2)C1=O. The van der Waals surface area contributed by atoms with Crippen LogP contribution in [-0.2, 0) is 11.4 Å². The van der Waals surface area contributed by atoms with Crippen LogP contribution >= 0.6 is 0 Å². The standard InChI is InChI=1S/C23H20N2O3/c1-2-25-22(26)20(24-23(25)27)14-19-9-5-6-10-21(19)28-15-16-11-12-17-7-3-4-8-18(17)13-16/h3-14H,2,15H2,1H3,(H,24,27)/b20-14+. The van der Waals surface area contributed by atoms with Crippen molar-refractivity contribution in [3.63, 3.8) is 0 Å². The van der Waals surface area contributed by atoms with Gasteiger partial charge in [-0.05, 0) is 41.5 Å². The van der Waals surface area contributed by atoms with Crippen LogP contribution in [0, 0.1) is 0 Å². The van der Waals surface area contributed by atoms with Gasteiger partial charge in [0.2, 0.25) is 0 Å². The topological polar surface area (TPSA) is 58.6 Å². The predicted octanol–water partition coefficient (Wildman–Crippen LogP) is 4.33. The molecule has 0 saturated carbocycles. The van der Waals surface area contributed by atoms with Gasteiger partial charge in [0.05, 0.1) is 0 Å². The quantitative estimate of drug-likeness (QED) is 0.536. The monoisotopic (exact) mass is 372 g/mol. The van der Waals surface area contributed by atoms with Crippen molar-refractivity contribution < 1.29 is 14.3 Å². The molecule has 5 nitrogen and oxygen atoms in total. The van der Waals surface area contributed by atoms with Gasteiger partial charge in [0, 0.05) is 12.1 Å². The Balaban J connectivity index is 1.55. The minimum absolute atomic E-state index is 0.258. The van der Waals surface area contributed by atoms with E-state index < -0.39 is 6.03 Å². The van der Waals surface area contributed by atoms with Gasteiger partial charge >= 0.3 is 6.03 Å². The highest BCUT2D eigenvalue weighted by Gasteiger charge is 2.32. The predicted molar refractivity (Wildman–Crippen MR) is 109 cm³/mol. The van der Waals surface area contributed by atoms with Gasteiger partial charge in [-0.15, -0.1) is 0 Å². The molecule has 1 saturated heterocycles. The zero-order valence-electron chi connectivity index (χ0n) is 15.5. The summed E-state index contributed by atoms with van der Waals surface area (Å²) >= 11 is 0. The maximum absolute atomic E-state index is 12.3. The minimum atomic E-state index is -0.395. The fraction of sp³-hybridized carbons (Fsp3) is 0.130. The van der Waals surface area contributed by atoms with E-state index in [4.69, 9.17) is 4.74 Å². The first kappa shape index (κ1) is 17.8. The molecule has 0 spiro atoms. The molecule has 0 atom stereocenters. The average molecular weight is 372 g/mol. The van der Waals surface area contributed by atoms with Crippen molar-refractivity contribution in [1.29, 1.82) is 0 Å². The fourth-order valence-corrected chi connectivity index (χ4v) is 3.24. The molecule has 1 N–H and O–H groups in total. The maximum atomic E-state index is 12.3. The number of likely N-dealkylation sites (N-methyl/N-ethyl adjacent to an activating group) is 1. The number of hydrogen-bond donors (Lipinski definition) is 1. The highest BCUT2D eigenvalue weighted by molar-refractivity contribution is 6.14. The van der Waals surface area contributed by atoms with Crippen molar-refractivity contribution >= 4 is 28.8 Å². The summed E-state index contributed by atoms with van der Waals surface area (Å²) in [7, 11) is 0. The third-order valence-corrected chi connectivity index (χ3v) is 4.71. The minimum Gasteiger partial charge on any atom is -0.488 e. The highest BCUT2D eigenvalue weighted by atomic mass is 16.5. The zero-order chi connectivity index (χ0) is 19.5. The van der Waals surface area contributed by atoms with Gasteiger partial charge in [0.1, 0.15) is 18.1 Å². The van der Waals surface area contributed by atoms with Crippen molar-refractivity contribution in [2.45, 2.75) is 13.5 Å². The number of nitrogens with zero attached hydrogens (tertiary/aromatic N) is 1. The molecule has 4 rings (SSSR count). The number of fused-ring (bicyclic) bond motifs is 1. The molecule has 1 aliphatic heterocycles. The first-order valence-electron chi connectivity index (χ1n) is 9.20. The van der Waals surface area contributed by atoms with Crippen LogP contribution < -0.4 is 10.1 Å². The number of carbonyl (C=O) groups is 2. The second-order valence-corrected chi connectivity index (χ2v) is 6.55. The smallest absolute Gasteiger partial charge is 0.328 e. The Bertz CT molecular complexity index is 1090. The van der Waals surface area contributed by atoms with Gasteiger partial charge in [-0.2, -0.15) is 0 Å². The number of ether oxygens (including phenoxy) is 1. The molecule has 28 heavy (non-hydrogen) atoms. The summed E-state index contributed by atoms with van der Waals surface area (Å²) in [6.07, 6.45) is 1.66. The number of imide groups is 1. The van der Waals surface area contributed by atoms with Gasteiger partial charge in [-0.1, -0.05) is 54.6 Å². The summed E-state index contributed by atoms with van der Waals surface area (Å²) < 4.78 is 6.02. The van der Waals surface area contributed by atoms with Crippen molar-refractivity contribution in [2.75, 3.05) is 6.54 Å². The van der Waals surface area contributed by atoms with E-state index in [0.717, 1.165) is 16.5 Å². The Hall–Kier alpha value is -3.60. The molecule has 0 radical (unpaired) electrons. The van der Waals surface area contributed by atoms with Crippen molar-refractivity contribution in [3.05, 3.63) is 83.6 Å². The fourth-order valence-electron chi connectivity index (χ4n) is 3.24. The molecule has 0 bridgehead atoms. The van der Waals surface area contributed by atoms with Crippen LogP contribution in [0.4, 0.5) is 4.79 Å². The Morgan fingerprint density at radius 3 is 2.50 bits per heavy atom. The van der Waals surface area contributed by atoms with Crippen LogP contribution in [0.5, 0.6) is 5.75 Å². The van der Waals surface area contributed by atoms with Crippen LogP contribution in [-0.4, -0.2) is 23.4 Å². The number of carbonyl (C=O) groups excluding carboxylic acids is 2. The van der Waals surface area contributed by atoms with Crippen LogP contribution in [0.3, 0.4) is 0 Å². The molecule has 1 aliphatic rings. The second-order valence-electron chi connectivity index (χ2n) is 6.55. The largest absolute Gasteiger partial charge is 0.488 e. The summed E-state index contributed by atoms with van der Waals surface area (Å²) in [5.74, 6) is 0.331. The van der Waals surface area contributed by atoms with Crippen LogP contribution in [0.25, 0.3) is 16.8 Å². The molecule has 1 heterocycles. The number of hydrogen-bond acceptors (Lipinski definition) is 3. The lowest BCUT2D eigenvalue weighted by Gasteiger charge is -2.10. The summed E-state index contributed by atoms with van der Waals surface area (Å²) in [5.41, 5.74) is 2.06. The molecule has 5 heteroatoms. The van der Waals surface area contributed by atoms with Crippen molar-refractivity contribution in [2.24, 2.45) is 0 Å². The summed E-state index contributed by atoms with van der Waals surface area (Å²) in [5, 5.41) is 4.97. The number of urea groups is 1. The first-order chi connectivity index (χ1) is 13.7. The summed E-state index contributed by atoms with van der Waals surface area (Å²) in [6, 6.07) is 21.5. The molecule has 3 amide bonds. The van der Waals surface area contributed by atoms with E-state index >= 15 is 0 Å². The van der Waals surface area contributed by atoms with E-state index in [1.54, 1.807) is 13.0 Å². The van der Waals surface area contributed by atoms with Crippen LogP contribution in [0.1, 0.15) is 18.1 Å². The lowest BCUT2D eigenvalue weighted by molar-refractivity contribution is -0.122. The number of rotatable bonds is 5. The number of benzene rings is 3. The lowest BCUT2D eigenvalue weighted by Crippen LogP contribution is -2.30. The van der Waals surface area contributed by atoms with Gasteiger partial charge < -0.3 is 10.1 Å². The Morgan fingerprint density at radius 2 is 1.71 bits per heavy atom. The van der Waals surface area contributed by atoms with Gasteiger partial charge in [-0.3, -0.25) is 9.69 Å². The molecule has 3 aromatic rings. The summed E-state index contributed by atoms with van der Waals surface area (Å²) in [6.45, 7) is 2.51. The molecular weight excluding hydrogens is 352 g/mol. The lowest BCUT2D eigenvalue weighted by atomic mass is 10.1. The molecule has 0 aromatic heterocycles. The van der Waals surface area contributed by atoms with Gasteiger partial charge in [0.15, 0.2) is 0 Å². The third kappa shape index (κ3) is 3.47. The average Bonchev–Trinajstić information content (AvgIpc) is 2.99. The highest BCUT2D eigenvalue weighted by Crippen LogP contribution is 2.24. The van der Waals surface area contributed by atoms with Gasteiger partial charge in [0.25, 0.3) is 5.91 Å². The second kappa shape index (κ2) is 7.56. The maximum Gasteiger partial charge on any atom is 0.328 e. The van der Waals surface area contributed by atoms with E-state index in [0.29, 0.717) is 18.9 Å². The zero-order valence-corrected chi connectivity index (χ0v) is 15.5. The van der Waals surface area contributed by atoms with Crippen molar-refractivity contribution in [3.8, 4) is 5.75 Å². The van der Waals surface area contributed by atoms with Crippen molar-refractivity contribution in [1.82, 2.24) is 10.2 Å². The Labute approximate surface area is 163 Å². The van der Waals surface area contributed by atoms with E-state index in [9.17, 15) is 9.59 Å². The molecule has 1 fully saturated rings. The van der Waals surface area contributed by atoms with E-state index in [2.05, 4.69) is 29.6 Å². The van der Waals surface area contributed by atoms with Crippen LogP contribution in [0.15, 0.2) is 72.4 Å². The third-order valence-electron chi connectivity index (χ3n) is 4.71. The molecule has 0 aliphatic carbocycles.